The SMILES string of the molecule is Cn1c(C(=O)OC(C)(C)C)cnc1CN1CC[C@H](n2c(=O)n(-c3cccc(-c4ccccc4)c3)c3cccnc32)C1. The number of nitrogens with zero attached hydrogens (tertiary/aromatic N) is 6. The molecule has 0 unspecified atom stereocenters. The van der Waals surface area contributed by atoms with Crippen LogP contribution in [0.15, 0.2) is 83.9 Å². The summed E-state index contributed by atoms with van der Waals surface area (Å²) < 4.78 is 10.9. The number of carbonyl (C=O) groups excluding carboxylic acids is 1. The zero-order chi connectivity index (χ0) is 28.7. The Hall–Kier alpha value is -4.50. The predicted octanol–water partition coefficient (Wildman–Crippen LogP) is 4.99. The number of benzene rings is 2. The lowest BCUT2D eigenvalue weighted by Crippen LogP contribution is -2.29. The van der Waals surface area contributed by atoms with Gasteiger partial charge in [0.05, 0.1) is 30.0 Å². The Morgan fingerprint density at radius 1 is 1.00 bits per heavy atom. The van der Waals surface area contributed by atoms with Crippen molar-refractivity contribution in [2.45, 2.75) is 45.4 Å². The molecule has 4 heterocycles. The van der Waals surface area contributed by atoms with Gasteiger partial charge in [-0.05, 0) is 62.6 Å². The average molecular weight is 551 g/mol. The third-order valence-electron chi connectivity index (χ3n) is 7.51. The van der Waals surface area contributed by atoms with Crippen molar-refractivity contribution in [3.8, 4) is 16.8 Å². The second-order valence-corrected chi connectivity index (χ2v) is 11.5. The van der Waals surface area contributed by atoms with E-state index in [1.165, 1.54) is 0 Å². The second-order valence-electron chi connectivity index (χ2n) is 11.5. The lowest BCUT2D eigenvalue weighted by atomic mass is 10.1. The molecule has 3 aromatic heterocycles. The van der Waals surface area contributed by atoms with Crippen LogP contribution in [0.1, 0.15) is 49.5 Å². The summed E-state index contributed by atoms with van der Waals surface area (Å²) in [6.07, 6.45) is 4.12. The van der Waals surface area contributed by atoms with E-state index < -0.39 is 5.60 Å². The van der Waals surface area contributed by atoms with Crippen LogP contribution < -0.4 is 5.69 Å². The van der Waals surface area contributed by atoms with Crippen molar-refractivity contribution in [3.05, 3.63) is 101 Å². The summed E-state index contributed by atoms with van der Waals surface area (Å²) in [5.41, 5.74) is 4.17. The Morgan fingerprint density at radius 3 is 2.56 bits per heavy atom. The van der Waals surface area contributed by atoms with Gasteiger partial charge in [-0.3, -0.25) is 14.0 Å². The lowest BCUT2D eigenvalue weighted by molar-refractivity contribution is 0.00584. The van der Waals surface area contributed by atoms with E-state index in [9.17, 15) is 9.59 Å². The first-order valence-corrected chi connectivity index (χ1v) is 13.9. The zero-order valence-corrected chi connectivity index (χ0v) is 23.8. The number of hydrogen-bond acceptors (Lipinski definition) is 6. The molecule has 210 valence electrons. The fraction of sp³-hybridized carbons (Fsp3) is 0.312. The molecule has 5 aromatic rings. The molecule has 1 aliphatic rings. The van der Waals surface area contributed by atoms with Gasteiger partial charge in [0.25, 0.3) is 0 Å². The van der Waals surface area contributed by atoms with Crippen LogP contribution in [-0.2, 0) is 18.3 Å². The van der Waals surface area contributed by atoms with Gasteiger partial charge < -0.3 is 9.30 Å². The smallest absolute Gasteiger partial charge is 0.357 e. The van der Waals surface area contributed by atoms with Gasteiger partial charge in [0.15, 0.2) is 5.65 Å². The van der Waals surface area contributed by atoms with Gasteiger partial charge in [0.2, 0.25) is 0 Å². The van der Waals surface area contributed by atoms with Gasteiger partial charge in [-0.15, -0.1) is 0 Å². The predicted molar refractivity (Wildman–Crippen MR) is 158 cm³/mol. The van der Waals surface area contributed by atoms with E-state index in [4.69, 9.17) is 4.74 Å². The fourth-order valence-electron chi connectivity index (χ4n) is 5.57. The van der Waals surface area contributed by atoms with Crippen LogP contribution in [0.3, 0.4) is 0 Å². The van der Waals surface area contributed by atoms with Gasteiger partial charge in [-0.25, -0.2) is 19.6 Å². The number of pyridine rings is 1. The van der Waals surface area contributed by atoms with E-state index in [-0.39, 0.29) is 17.7 Å². The third-order valence-corrected chi connectivity index (χ3v) is 7.51. The fourth-order valence-corrected chi connectivity index (χ4v) is 5.57. The summed E-state index contributed by atoms with van der Waals surface area (Å²) in [5.74, 6) is 0.386. The molecular weight excluding hydrogens is 516 g/mol. The van der Waals surface area contributed by atoms with E-state index in [1.807, 2.05) is 74.9 Å². The van der Waals surface area contributed by atoms with Crippen molar-refractivity contribution < 1.29 is 9.53 Å². The standard InChI is InChI=1S/C32H34N6O3/c1-32(2,3)41-30(39)27-19-34-28(35(27)4)21-36-17-15-25(20-36)38-29-26(14-9-16-33-29)37(31(38)40)24-13-8-12-23(18-24)22-10-6-5-7-11-22/h5-14,16,18-19,25H,15,17,20-21H2,1-4H3/t25-/m0/s1. The van der Waals surface area contributed by atoms with Crippen LogP contribution in [0.4, 0.5) is 0 Å². The number of hydrogen-bond donors (Lipinski definition) is 0. The summed E-state index contributed by atoms with van der Waals surface area (Å²) in [6, 6.07) is 22.0. The molecule has 41 heavy (non-hydrogen) atoms. The van der Waals surface area contributed by atoms with Crippen LogP contribution in [-0.4, -0.2) is 53.2 Å². The van der Waals surface area contributed by atoms with E-state index >= 15 is 0 Å². The van der Waals surface area contributed by atoms with Crippen LogP contribution in [0.5, 0.6) is 0 Å². The van der Waals surface area contributed by atoms with Crippen molar-refractivity contribution in [1.29, 1.82) is 0 Å². The molecule has 1 atom stereocenters. The van der Waals surface area contributed by atoms with E-state index in [0.717, 1.165) is 41.1 Å². The minimum atomic E-state index is -0.576. The summed E-state index contributed by atoms with van der Waals surface area (Å²) in [4.78, 5) is 38.1. The molecule has 1 aliphatic heterocycles. The first-order valence-electron chi connectivity index (χ1n) is 13.9. The van der Waals surface area contributed by atoms with Gasteiger partial charge in [-0.1, -0.05) is 42.5 Å². The Labute approximate surface area is 238 Å². The van der Waals surface area contributed by atoms with E-state index in [2.05, 4.69) is 39.1 Å². The molecule has 1 fully saturated rings. The topological polar surface area (TPSA) is 87.2 Å². The molecule has 1 saturated heterocycles. The molecule has 0 bridgehead atoms. The number of carbonyl (C=O) groups is 1. The molecule has 9 nitrogen and oxygen atoms in total. The summed E-state index contributed by atoms with van der Waals surface area (Å²) in [6.45, 7) is 7.58. The van der Waals surface area contributed by atoms with Crippen molar-refractivity contribution >= 4 is 17.1 Å². The minimum Gasteiger partial charge on any atom is -0.455 e. The lowest BCUT2D eigenvalue weighted by Gasteiger charge is -2.20. The van der Waals surface area contributed by atoms with E-state index in [0.29, 0.717) is 24.4 Å². The Morgan fingerprint density at radius 2 is 1.78 bits per heavy atom. The minimum absolute atomic E-state index is 0.0379. The van der Waals surface area contributed by atoms with Gasteiger partial charge in [0, 0.05) is 26.3 Å². The highest BCUT2D eigenvalue weighted by Gasteiger charge is 2.30. The highest BCUT2D eigenvalue weighted by Crippen LogP contribution is 2.28. The monoisotopic (exact) mass is 550 g/mol. The van der Waals surface area contributed by atoms with Gasteiger partial charge in [0.1, 0.15) is 17.1 Å². The van der Waals surface area contributed by atoms with Crippen LogP contribution in [0.25, 0.3) is 28.0 Å². The maximum Gasteiger partial charge on any atom is 0.357 e. The highest BCUT2D eigenvalue weighted by atomic mass is 16.6. The van der Waals surface area contributed by atoms with Crippen molar-refractivity contribution in [3.63, 3.8) is 0 Å². The molecule has 0 radical (unpaired) electrons. The normalized spacial score (nSPS) is 16.0. The molecule has 0 aliphatic carbocycles. The molecule has 9 heteroatoms. The molecule has 0 N–H and O–H groups in total. The quantitative estimate of drug-likeness (QED) is 0.277. The van der Waals surface area contributed by atoms with Crippen molar-refractivity contribution in [2.75, 3.05) is 13.1 Å². The van der Waals surface area contributed by atoms with Gasteiger partial charge in [-0.2, -0.15) is 0 Å². The molecule has 0 spiro atoms. The Balaban J connectivity index is 1.28. The Kier molecular flexibility index (Phi) is 6.83. The molecule has 0 saturated carbocycles. The first-order chi connectivity index (χ1) is 19.7. The Bertz CT molecular complexity index is 1780. The summed E-state index contributed by atoms with van der Waals surface area (Å²) in [7, 11) is 1.83. The highest BCUT2D eigenvalue weighted by molar-refractivity contribution is 5.87. The molecule has 6 rings (SSSR count). The second kappa shape index (κ2) is 10.5. The van der Waals surface area contributed by atoms with Crippen LogP contribution in [0, 0.1) is 0 Å². The third kappa shape index (κ3) is 5.20. The van der Waals surface area contributed by atoms with Crippen molar-refractivity contribution in [2.24, 2.45) is 7.05 Å². The number of aromatic nitrogens is 5. The largest absolute Gasteiger partial charge is 0.455 e. The van der Waals surface area contributed by atoms with Crippen LogP contribution >= 0.6 is 0 Å². The summed E-state index contributed by atoms with van der Waals surface area (Å²) in [5, 5.41) is 0. The number of esters is 1. The maximum atomic E-state index is 14.0. The zero-order valence-electron chi connectivity index (χ0n) is 23.8. The van der Waals surface area contributed by atoms with Crippen molar-refractivity contribution in [1.82, 2.24) is 28.6 Å². The van der Waals surface area contributed by atoms with Crippen LogP contribution in [0.2, 0.25) is 0 Å². The molecule has 2 aromatic carbocycles. The summed E-state index contributed by atoms with van der Waals surface area (Å²) >= 11 is 0. The maximum absolute atomic E-state index is 14.0. The average Bonchev–Trinajstić information content (AvgIpc) is 3.64. The first kappa shape index (κ1) is 26.7. The van der Waals surface area contributed by atoms with E-state index in [1.54, 1.807) is 21.5 Å². The molecular formula is C32H34N6O3. The number of imidazole rings is 2. The molecule has 0 amide bonds. The number of likely N-dealkylation sites (tertiary alicyclic amines) is 1. The number of ether oxygens (including phenoxy) is 1. The van der Waals surface area contributed by atoms with Gasteiger partial charge >= 0.3 is 11.7 Å². The number of fused-ring (bicyclic) bond motifs is 1. The number of rotatable bonds is 6.